The third-order valence-corrected chi connectivity index (χ3v) is 5.34. The Labute approximate surface area is 117 Å². The molecule has 2 rings (SSSR count). The fourth-order valence-corrected chi connectivity index (χ4v) is 3.94. The number of nitrogens with one attached hydrogen (secondary N) is 2. The molecular formula is C13H22N2O3S. The Bertz CT molecular complexity index is 339. The number of amides is 2. The summed E-state index contributed by atoms with van der Waals surface area (Å²) in [5, 5.41) is 15.1. The standard InChI is InChI=1S/C13H22N2O3S/c16-11(17)8-13(5-3-6-13)15-12(18)14-9-10-4-1-2-7-19-10/h10H,1-9H2,(H,16,17)(H2,14,15,18). The van der Waals surface area contributed by atoms with E-state index in [1.165, 1.54) is 18.6 Å². The van der Waals surface area contributed by atoms with Crippen LogP contribution in [0.15, 0.2) is 0 Å². The van der Waals surface area contributed by atoms with Crippen molar-refractivity contribution in [1.29, 1.82) is 0 Å². The molecule has 108 valence electrons. The Balaban J connectivity index is 1.72. The van der Waals surface area contributed by atoms with Gasteiger partial charge in [0.2, 0.25) is 0 Å². The molecule has 1 saturated carbocycles. The summed E-state index contributed by atoms with van der Waals surface area (Å²) in [6.07, 6.45) is 6.23. The van der Waals surface area contributed by atoms with Crippen molar-refractivity contribution < 1.29 is 14.7 Å². The monoisotopic (exact) mass is 286 g/mol. The lowest BCUT2D eigenvalue weighted by molar-refractivity contribution is -0.139. The van der Waals surface area contributed by atoms with Crippen LogP contribution >= 0.6 is 11.8 Å². The molecule has 6 heteroatoms. The molecule has 0 aromatic heterocycles. The minimum atomic E-state index is -0.845. The van der Waals surface area contributed by atoms with E-state index in [1.54, 1.807) is 0 Å². The zero-order valence-electron chi connectivity index (χ0n) is 11.1. The second kappa shape index (κ2) is 6.50. The predicted octanol–water partition coefficient (Wildman–Crippen LogP) is 1.97. The van der Waals surface area contributed by atoms with E-state index in [0.717, 1.165) is 25.7 Å². The largest absolute Gasteiger partial charge is 0.481 e. The molecule has 1 aliphatic carbocycles. The van der Waals surface area contributed by atoms with Crippen LogP contribution in [0.25, 0.3) is 0 Å². The molecule has 0 bridgehead atoms. The normalized spacial score (nSPS) is 25.2. The molecule has 19 heavy (non-hydrogen) atoms. The van der Waals surface area contributed by atoms with Crippen molar-refractivity contribution in [2.24, 2.45) is 0 Å². The summed E-state index contributed by atoms with van der Waals surface area (Å²) >= 11 is 1.92. The summed E-state index contributed by atoms with van der Waals surface area (Å²) in [6, 6.07) is -0.216. The first-order valence-electron chi connectivity index (χ1n) is 6.99. The van der Waals surface area contributed by atoms with Crippen molar-refractivity contribution in [3.63, 3.8) is 0 Å². The van der Waals surface area contributed by atoms with Crippen LogP contribution < -0.4 is 10.6 Å². The number of urea groups is 1. The Morgan fingerprint density at radius 2 is 2.05 bits per heavy atom. The molecule has 2 fully saturated rings. The van der Waals surface area contributed by atoms with E-state index in [2.05, 4.69) is 10.6 Å². The fourth-order valence-electron chi connectivity index (χ4n) is 2.70. The second-order valence-electron chi connectivity index (χ2n) is 5.53. The fraction of sp³-hybridized carbons (Fsp3) is 0.846. The van der Waals surface area contributed by atoms with Crippen LogP contribution in [0.2, 0.25) is 0 Å². The molecule has 1 atom stereocenters. The highest BCUT2D eigenvalue weighted by molar-refractivity contribution is 7.99. The number of rotatable bonds is 5. The maximum Gasteiger partial charge on any atom is 0.315 e. The van der Waals surface area contributed by atoms with Gasteiger partial charge in [-0.25, -0.2) is 4.79 Å². The van der Waals surface area contributed by atoms with Gasteiger partial charge in [0.15, 0.2) is 0 Å². The number of thioether (sulfide) groups is 1. The van der Waals surface area contributed by atoms with E-state index in [4.69, 9.17) is 5.11 Å². The SMILES string of the molecule is O=C(O)CC1(NC(=O)NCC2CCCCS2)CCC1. The number of carbonyl (C=O) groups is 2. The van der Waals surface area contributed by atoms with Gasteiger partial charge in [0.25, 0.3) is 0 Å². The summed E-state index contributed by atoms with van der Waals surface area (Å²) in [6.45, 7) is 0.680. The molecule has 3 N–H and O–H groups in total. The Morgan fingerprint density at radius 3 is 2.58 bits per heavy atom. The number of carboxylic acid groups (broad SMARTS) is 1. The van der Waals surface area contributed by atoms with Crippen LogP contribution in [0.5, 0.6) is 0 Å². The average molecular weight is 286 g/mol. The lowest BCUT2D eigenvalue weighted by atomic mass is 9.74. The van der Waals surface area contributed by atoms with Crippen LogP contribution in [0, 0.1) is 0 Å². The molecule has 2 aliphatic rings. The molecule has 0 spiro atoms. The summed E-state index contributed by atoms with van der Waals surface area (Å²) in [5.41, 5.74) is -0.504. The Morgan fingerprint density at radius 1 is 1.26 bits per heavy atom. The van der Waals surface area contributed by atoms with Gasteiger partial charge in [-0.1, -0.05) is 6.42 Å². The minimum absolute atomic E-state index is 0.0264. The molecule has 1 heterocycles. The third kappa shape index (κ3) is 4.30. The number of aliphatic carboxylic acids is 1. The van der Waals surface area contributed by atoms with Crippen molar-refractivity contribution in [1.82, 2.24) is 10.6 Å². The molecule has 0 aromatic rings. The van der Waals surface area contributed by atoms with Gasteiger partial charge in [-0.3, -0.25) is 4.79 Å². The van der Waals surface area contributed by atoms with Crippen LogP contribution in [0.4, 0.5) is 4.79 Å². The van der Waals surface area contributed by atoms with Gasteiger partial charge < -0.3 is 15.7 Å². The third-order valence-electron chi connectivity index (χ3n) is 3.94. The van der Waals surface area contributed by atoms with E-state index < -0.39 is 11.5 Å². The zero-order chi connectivity index (χ0) is 13.7. The van der Waals surface area contributed by atoms with Gasteiger partial charge in [0.1, 0.15) is 0 Å². The summed E-state index contributed by atoms with van der Waals surface area (Å²) in [7, 11) is 0. The molecular weight excluding hydrogens is 264 g/mol. The molecule has 0 radical (unpaired) electrons. The number of hydrogen-bond acceptors (Lipinski definition) is 3. The van der Waals surface area contributed by atoms with Gasteiger partial charge in [-0.15, -0.1) is 0 Å². The number of hydrogen-bond donors (Lipinski definition) is 3. The van der Waals surface area contributed by atoms with Gasteiger partial charge in [0.05, 0.1) is 12.0 Å². The van der Waals surface area contributed by atoms with Crippen LogP contribution in [-0.4, -0.2) is 40.2 Å². The zero-order valence-corrected chi connectivity index (χ0v) is 11.9. The molecule has 5 nitrogen and oxygen atoms in total. The molecule has 0 aromatic carbocycles. The van der Waals surface area contributed by atoms with E-state index in [0.29, 0.717) is 11.8 Å². The topological polar surface area (TPSA) is 78.4 Å². The van der Waals surface area contributed by atoms with Gasteiger partial charge in [0, 0.05) is 11.8 Å². The van der Waals surface area contributed by atoms with Crippen LogP contribution in [0.1, 0.15) is 44.9 Å². The maximum atomic E-state index is 11.9. The van der Waals surface area contributed by atoms with Crippen LogP contribution in [-0.2, 0) is 4.79 Å². The highest BCUT2D eigenvalue weighted by Gasteiger charge is 2.40. The molecule has 1 saturated heterocycles. The molecule has 1 unspecified atom stereocenters. The minimum Gasteiger partial charge on any atom is -0.481 e. The highest BCUT2D eigenvalue weighted by atomic mass is 32.2. The first kappa shape index (κ1) is 14.5. The van der Waals surface area contributed by atoms with Crippen molar-refractivity contribution >= 4 is 23.8 Å². The van der Waals surface area contributed by atoms with E-state index in [1.807, 2.05) is 11.8 Å². The van der Waals surface area contributed by atoms with E-state index in [9.17, 15) is 9.59 Å². The van der Waals surface area contributed by atoms with Gasteiger partial charge >= 0.3 is 12.0 Å². The van der Waals surface area contributed by atoms with Crippen LogP contribution in [0.3, 0.4) is 0 Å². The highest BCUT2D eigenvalue weighted by Crippen LogP contribution is 2.34. The summed E-state index contributed by atoms with van der Waals surface area (Å²) in [4.78, 5) is 22.7. The number of carbonyl (C=O) groups excluding carboxylic acids is 1. The van der Waals surface area contributed by atoms with Crippen molar-refractivity contribution in [2.45, 2.75) is 55.7 Å². The van der Waals surface area contributed by atoms with Gasteiger partial charge in [-0.2, -0.15) is 11.8 Å². The quantitative estimate of drug-likeness (QED) is 0.722. The second-order valence-corrected chi connectivity index (χ2v) is 6.94. The summed E-state index contributed by atoms with van der Waals surface area (Å²) in [5.74, 6) is 0.333. The van der Waals surface area contributed by atoms with Crippen molar-refractivity contribution in [3.05, 3.63) is 0 Å². The van der Waals surface area contributed by atoms with Crippen molar-refractivity contribution in [2.75, 3.05) is 12.3 Å². The van der Waals surface area contributed by atoms with Crippen molar-refractivity contribution in [3.8, 4) is 0 Å². The molecule has 1 aliphatic heterocycles. The lowest BCUT2D eigenvalue weighted by Crippen LogP contribution is -2.57. The first-order valence-corrected chi connectivity index (χ1v) is 8.04. The van der Waals surface area contributed by atoms with Gasteiger partial charge in [-0.05, 0) is 37.9 Å². The smallest absolute Gasteiger partial charge is 0.315 e. The predicted molar refractivity (Wildman–Crippen MR) is 75.5 cm³/mol. The average Bonchev–Trinajstić information content (AvgIpc) is 2.34. The van der Waals surface area contributed by atoms with E-state index >= 15 is 0 Å². The lowest BCUT2D eigenvalue weighted by Gasteiger charge is -2.41. The first-order chi connectivity index (χ1) is 9.10. The maximum absolute atomic E-state index is 11.9. The molecule has 2 amide bonds. The summed E-state index contributed by atoms with van der Waals surface area (Å²) < 4.78 is 0. The number of carboxylic acids is 1. The Hall–Kier alpha value is -0.910. The van der Waals surface area contributed by atoms with E-state index in [-0.39, 0.29) is 12.5 Å². The Kier molecular flexibility index (Phi) is 4.96.